The quantitative estimate of drug-likeness (QED) is 0.897. The Bertz CT molecular complexity index is 694. The molecule has 1 aliphatic heterocycles. The number of nitrogens with one attached hydrogen (secondary N) is 1. The van der Waals surface area contributed by atoms with Gasteiger partial charge in [0.25, 0.3) is 0 Å². The van der Waals surface area contributed by atoms with Crippen LogP contribution in [-0.2, 0) is 11.2 Å². The molecule has 2 aromatic rings. The van der Waals surface area contributed by atoms with Gasteiger partial charge in [0.05, 0.1) is 12.5 Å². The molecule has 1 atom stereocenters. The summed E-state index contributed by atoms with van der Waals surface area (Å²) < 4.78 is 13.5. The molecule has 2 aromatic carbocycles. The minimum Gasteiger partial charge on any atom is -0.333 e. The van der Waals surface area contributed by atoms with Crippen LogP contribution in [0.4, 0.5) is 4.39 Å². The Kier molecular flexibility index (Phi) is 6.60. The van der Waals surface area contributed by atoms with Crippen molar-refractivity contribution in [2.75, 3.05) is 19.6 Å². The number of hydrogen-bond donors (Lipinski definition) is 1. The van der Waals surface area contributed by atoms with Crippen LogP contribution in [-0.4, -0.2) is 30.4 Å². The van der Waals surface area contributed by atoms with E-state index in [9.17, 15) is 9.18 Å². The summed E-state index contributed by atoms with van der Waals surface area (Å²) in [5.74, 6) is -0.235. The van der Waals surface area contributed by atoms with E-state index >= 15 is 0 Å². The van der Waals surface area contributed by atoms with Crippen LogP contribution in [0.1, 0.15) is 17.2 Å². The van der Waals surface area contributed by atoms with Gasteiger partial charge in [0.15, 0.2) is 0 Å². The van der Waals surface area contributed by atoms with Crippen molar-refractivity contribution in [2.24, 2.45) is 0 Å². The lowest BCUT2D eigenvalue weighted by molar-refractivity contribution is -0.133. The molecule has 1 fully saturated rings. The Morgan fingerprint density at radius 3 is 2.71 bits per heavy atom. The number of hydrogen-bond acceptors (Lipinski definition) is 2. The summed E-state index contributed by atoms with van der Waals surface area (Å²) in [5.41, 5.74) is 1.75. The molecule has 1 N–H and O–H groups in total. The molecular weight excluding hydrogens is 350 g/mol. The van der Waals surface area contributed by atoms with E-state index < -0.39 is 0 Å². The number of halogens is 3. The zero-order chi connectivity index (χ0) is 16.2. The van der Waals surface area contributed by atoms with Gasteiger partial charge in [-0.25, -0.2) is 4.39 Å². The highest BCUT2D eigenvalue weighted by Gasteiger charge is 2.27. The van der Waals surface area contributed by atoms with Crippen LogP contribution in [0.15, 0.2) is 48.5 Å². The highest BCUT2D eigenvalue weighted by Crippen LogP contribution is 2.24. The fraction of sp³-hybridized carbons (Fsp3) is 0.278. The van der Waals surface area contributed by atoms with Crippen molar-refractivity contribution >= 4 is 29.9 Å². The number of amides is 1. The van der Waals surface area contributed by atoms with E-state index in [1.165, 1.54) is 12.1 Å². The highest BCUT2D eigenvalue weighted by molar-refractivity contribution is 6.30. The van der Waals surface area contributed by atoms with E-state index in [2.05, 4.69) is 5.32 Å². The first-order chi connectivity index (χ1) is 11.1. The molecule has 128 valence electrons. The van der Waals surface area contributed by atoms with Gasteiger partial charge in [-0.15, -0.1) is 12.4 Å². The molecule has 1 heterocycles. The summed E-state index contributed by atoms with van der Waals surface area (Å²) >= 11 is 5.88. The maximum Gasteiger partial charge on any atom is 0.227 e. The maximum absolute atomic E-state index is 13.5. The predicted octanol–water partition coefficient (Wildman–Crippen LogP) is 3.62. The van der Waals surface area contributed by atoms with Gasteiger partial charge in [0, 0.05) is 24.7 Å². The van der Waals surface area contributed by atoms with Gasteiger partial charge in [0.1, 0.15) is 5.82 Å². The normalized spacial score (nSPS) is 17.2. The Hall–Kier alpha value is -1.62. The molecule has 0 saturated carbocycles. The van der Waals surface area contributed by atoms with Crippen molar-refractivity contribution in [3.8, 4) is 0 Å². The number of benzene rings is 2. The number of carbonyl (C=O) groups excluding carboxylic acids is 1. The first kappa shape index (κ1) is 18.7. The Balaban J connectivity index is 0.00000208. The predicted molar refractivity (Wildman–Crippen MR) is 96.1 cm³/mol. The Labute approximate surface area is 152 Å². The molecule has 0 bridgehead atoms. The van der Waals surface area contributed by atoms with Gasteiger partial charge < -0.3 is 10.2 Å². The van der Waals surface area contributed by atoms with Crippen LogP contribution >= 0.6 is 24.0 Å². The first-order valence-corrected chi connectivity index (χ1v) is 8.01. The smallest absolute Gasteiger partial charge is 0.227 e. The lowest BCUT2D eigenvalue weighted by Crippen LogP contribution is -2.49. The summed E-state index contributed by atoms with van der Waals surface area (Å²) in [4.78, 5) is 14.5. The molecule has 1 amide bonds. The zero-order valence-electron chi connectivity index (χ0n) is 13.0. The van der Waals surface area contributed by atoms with E-state index in [1.54, 1.807) is 18.2 Å². The van der Waals surface area contributed by atoms with E-state index in [-0.39, 0.29) is 30.2 Å². The molecule has 1 saturated heterocycles. The van der Waals surface area contributed by atoms with Gasteiger partial charge in [-0.05, 0) is 35.4 Å². The molecule has 6 heteroatoms. The van der Waals surface area contributed by atoms with Crippen molar-refractivity contribution < 1.29 is 9.18 Å². The highest BCUT2D eigenvalue weighted by atomic mass is 35.5. The summed E-state index contributed by atoms with van der Waals surface area (Å²) in [6.07, 6.45) is 0.322. The van der Waals surface area contributed by atoms with Crippen molar-refractivity contribution in [3.63, 3.8) is 0 Å². The molecule has 0 radical (unpaired) electrons. The molecular formula is C18H19Cl2FN2O. The van der Waals surface area contributed by atoms with Crippen molar-refractivity contribution in [2.45, 2.75) is 12.5 Å². The molecule has 3 rings (SSSR count). The van der Waals surface area contributed by atoms with Crippen LogP contribution in [0, 0.1) is 5.82 Å². The second kappa shape index (κ2) is 8.47. The lowest BCUT2D eigenvalue weighted by atomic mass is 10.0. The van der Waals surface area contributed by atoms with Crippen molar-refractivity contribution in [3.05, 3.63) is 70.5 Å². The van der Waals surface area contributed by atoms with Gasteiger partial charge in [-0.2, -0.15) is 0 Å². The molecule has 0 spiro atoms. The standard InChI is InChI=1S/C18H18ClFN2O.ClH/c19-15-6-4-13(5-7-15)10-18(23)22-9-8-21-12-17(22)14-2-1-3-16(20)11-14;/h1-7,11,17,21H,8-10,12H2;1H. The van der Waals surface area contributed by atoms with Crippen molar-refractivity contribution in [1.82, 2.24) is 10.2 Å². The van der Waals surface area contributed by atoms with E-state index in [4.69, 9.17) is 11.6 Å². The summed E-state index contributed by atoms with van der Waals surface area (Å²) in [6, 6.07) is 13.6. The van der Waals surface area contributed by atoms with Gasteiger partial charge in [-0.1, -0.05) is 35.9 Å². The fourth-order valence-electron chi connectivity index (χ4n) is 2.89. The minimum absolute atomic E-state index is 0. The monoisotopic (exact) mass is 368 g/mol. The third-order valence-electron chi connectivity index (χ3n) is 4.07. The molecule has 0 aliphatic carbocycles. The SMILES string of the molecule is Cl.O=C(Cc1ccc(Cl)cc1)N1CCNCC1c1cccc(F)c1. The third kappa shape index (κ3) is 4.47. The fourth-order valence-corrected chi connectivity index (χ4v) is 3.02. The number of rotatable bonds is 3. The third-order valence-corrected chi connectivity index (χ3v) is 4.32. The van der Waals surface area contributed by atoms with Gasteiger partial charge in [-0.3, -0.25) is 4.79 Å². The number of nitrogens with zero attached hydrogens (tertiary/aromatic N) is 1. The topological polar surface area (TPSA) is 32.3 Å². The summed E-state index contributed by atoms with van der Waals surface area (Å²) in [5, 5.41) is 3.93. The van der Waals surface area contributed by atoms with E-state index in [1.807, 2.05) is 23.1 Å². The van der Waals surface area contributed by atoms with Gasteiger partial charge >= 0.3 is 0 Å². The largest absolute Gasteiger partial charge is 0.333 e. The zero-order valence-corrected chi connectivity index (χ0v) is 14.6. The molecule has 1 unspecified atom stereocenters. The van der Waals surface area contributed by atoms with E-state index in [0.717, 1.165) is 17.7 Å². The maximum atomic E-state index is 13.5. The van der Waals surface area contributed by atoms with Crippen molar-refractivity contribution in [1.29, 1.82) is 0 Å². The minimum atomic E-state index is -0.279. The number of carbonyl (C=O) groups is 1. The van der Waals surface area contributed by atoms with Crippen LogP contribution in [0.25, 0.3) is 0 Å². The Morgan fingerprint density at radius 2 is 2.00 bits per heavy atom. The molecule has 0 aromatic heterocycles. The van der Waals surface area contributed by atoms with Crippen LogP contribution in [0.2, 0.25) is 5.02 Å². The molecule has 1 aliphatic rings. The molecule has 3 nitrogen and oxygen atoms in total. The van der Waals surface area contributed by atoms with Crippen LogP contribution in [0.5, 0.6) is 0 Å². The number of piperazine rings is 1. The second-order valence-corrected chi connectivity index (χ2v) is 6.10. The average Bonchev–Trinajstić information content (AvgIpc) is 2.57. The summed E-state index contributed by atoms with van der Waals surface area (Å²) in [7, 11) is 0. The first-order valence-electron chi connectivity index (χ1n) is 7.63. The average molecular weight is 369 g/mol. The Morgan fingerprint density at radius 1 is 1.25 bits per heavy atom. The second-order valence-electron chi connectivity index (χ2n) is 5.67. The van der Waals surface area contributed by atoms with Crippen LogP contribution in [0.3, 0.4) is 0 Å². The summed E-state index contributed by atoms with van der Waals surface area (Å²) in [6.45, 7) is 2.00. The lowest BCUT2D eigenvalue weighted by Gasteiger charge is -2.36. The van der Waals surface area contributed by atoms with Crippen LogP contribution < -0.4 is 5.32 Å². The molecule has 24 heavy (non-hydrogen) atoms. The van der Waals surface area contributed by atoms with Gasteiger partial charge in [0.2, 0.25) is 5.91 Å². The van der Waals surface area contributed by atoms with E-state index in [0.29, 0.717) is 24.5 Å².